The Morgan fingerprint density at radius 3 is 2.75 bits per heavy atom. The third-order valence-electron chi connectivity index (χ3n) is 2.77. The molecule has 1 fully saturated rings. The average molecular weight is 171 g/mol. The summed E-state index contributed by atoms with van der Waals surface area (Å²) in [5.41, 5.74) is 0. The summed E-state index contributed by atoms with van der Waals surface area (Å²) in [4.78, 5) is 0. The van der Waals surface area contributed by atoms with Gasteiger partial charge in [0.1, 0.15) is 0 Å². The number of nitrogens with one attached hydrogen (secondary N) is 1. The van der Waals surface area contributed by atoms with Crippen LogP contribution in [0.4, 0.5) is 0 Å². The Morgan fingerprint density at radius 2 is 2.25 bits per heavy atom. The van der Waals surface area contributed by atoms with Crippen LogP contribution in [-0.2, 0) is 0 Å². The van der Waals surface area contributed by atoms with Crippen molar-refractivity contribution >= 4 is 0 Å². The van der Waals surface area contributed by atoms with Gasteiger partial charge in [0, 0.05) is 6.61 Å². The molecule has 0 heterocycles. The lowest BCUT2D eigenvalue weighted by atomic mass is 9.85. The van der Waals surface area contributed by atoms with Gasteiger partial charge in [-0.15, -0.1) is 0 Å². The topological polar surface area (TPSA) is 32.3 Å². The summed E-state index contributed by atoms with van der Waals surface area (Å²) in [5, 5.41) is 12.1. The zero-order chi connectivity index (χ0) is 8.81. The summed E-state index contributed by atoms with van der Waals surface area (Å²) in [6, 6.07) is 0. The molecule has 2 heteroatoms. The second-order valence-electron chi connectivity index (χ2n) is 4.07. The van der Waals surface area contributed by atoms with Gasteiger partial charge >= 0.3 is 0 Å². The Labute approximate surface area is 75.4 Å². The van der Waals surface area contributed by atoms with Gasteiger partial charge in [-0.2, -0.15) is 0 Å². The Kier molecular flexibility index (Phi) is 4.62. The largest absolute Gasteiger partial charge is 0.396 e. The minimum Gasteiger partial charge on any atom is -0.396 e. The third-order valence-corrected chi connectivity index (χ3v) is 2.77. The lowest BCUT2D eigenvalue weighted by Crippen LogP contribution is -2.30. The van der Waals surface area contributed by atoms with Gasteiger partial charge < -0.3 is 10.4 Å². The molecule has 1 aliphatic carbocycles. The molecular weight excluding hydrogens is 150 g/mol. The zero-order valence-corrected chi connectivity index (χ0v) is 8.05. The minimum absolute atomic E-state index is 0.326. The number of rotatable bonds is 6. The van der Waals surface area contributed by atoms with E-state index in [0.717, 1.165) is 18.9 Å². The van der Waals surface area contributed by atoms with Crippen molar-refractivity contribution in [1.82, 2.24) is 5.32 Å². The summed E-state index contributed by atoms with van der Waals surface area (Å²) in [5.74, 6) is 1.57. The lowest BCUT2D eigenvalue weighted by molar-refractivity contribution is 0.252. The fraction of sp³-hybridized carbons (Fsp3) is 1.00. The first-order chi connectivity index (χ1) is 5.83. The maximum atomic E-state index is 8.67. The van der Waals surface area contributed by atoms with Crippen LogP contribution in [0, 0.1) is 11.8 Å². The molecule has 0 aromatic heterocycles. The monoisotopic (exact) mass is 171 g/mol. The van der Waals surface area contributed by atoms with Gasteiger partial charge in [0.2, 0.25) is 0 Å². The van der Waals surface area contributed by atoms with Crippen molar-refractivity contribution in [1.29, 1.82) is 0 Å². The molecule has 1 rings (SSSR count). The average Bonchev–Trinajstić information content (AvgIpc) is 1.95. The quantitative estimate of drug-likeness (QED) is 0.633. The van der Waals surface area contributed by atoms with E-state index in [9.17, 15) is 0 Å². The Morgan fingerprint density at radius 1 is 1.50 bits per heavy atom. The van der Waals surface area contributed by atoms with Gasteiger partial charge in [-0.25, -0.2) is 0 Å². The molecule has 0 saturated heterocycles. The molecule has 0 amide bonds. The number of hydrogen-bond acceptors (Lipinski definition) is 2. The van der Waals surface area contributed by atoms with Gasteiger partial charge in [-0.1, -0.05) is 13.3 Å². The van der Waals surface area contributed by atoms with Crippen LogP contribution in [0.15, 0.2) is 0 Å². The molecular formula is C10H21NO. The molecule has 1 unspecified atom stereocenters. The predicted octanol–water partition coefficient (Wildman–Crippen LogP) is 1.39. The molecule has 72 valence electrons. The Balaban J connectivity index is 1.86. The summed E-state index contributed by atoms with van der Waals surface area (Å²) >= 11 is 0. The van der Waals surface area contributed by atoms with E-state index in [1.807, 2.05) is 0 Å². The minimum atomic E-state index is 0.326. The molecule has 0 aromatic carbocycles. The number of aliphatic hydroxyl groups excluding tert-OH is 1. The molecule has 1 atom stereocenters. The van der Waals surface area contributed by atoms with E-state index in [0.29, 0.717) is 12.5 Å². The first kappa shape index (κ1) is 10.0. The Bertz CT molecular complexity index is 112. The van der Waals surface area contributed by atoms with Crippen LogP contribution in [0.5, 0.6) is 0 Å². The van der Waals surface area contributed by atoms with Crippen LogP contribution < -0.4 is 5.32 Å². The predicted molar refractivity (Wildman–Crippen MR) is 51.1 cm³/mol. The van der Waals surface area contributed by atoms with E-state index < -0.39 is 0 Å². The van der Waals surface area contributed by atoms with Crippen molar-refractivity contribution in [2.45, 2.75) is 32.6 Å². The maximum Gasteiger partial charge on any atom is 0.0434 e. The SMILES string of the molecule is CC(CCO)CNCC1CCC1. The second kappa shape index (κ2) is 5.55. The van der Waals surface area contributed by atoms with Crippen molar-refractivity contribution in [2.75, 3.05) is 19.7 Å². The van der Waals surface area contributed by atoms with Crippen LogP contribution in [0.3, 0.4) is 0 Å². The first-order valence-electron chi connectivity index (χ1n) is 5.14. The molecule has 12 heavy (non-hydrogen) atoms. The highest BCUT2D eigenvalue weighted by Gasteiger charge is 2.16. The standard InChI is InChI=1S/C10H21NO/c1-9(5-6-12)7-11-8-10-3-2-4-10/h9-12H,2-8H2,1H3. The first-order valence-corrected chi connectivity index (χ1v) is 5.14. The highest BCUT2D eigenvalue weighted by molar-refractivity contribution is 4.72. The van der Waals surface area contributed by atoms with Crippen molar-refractivity contribution in [3.8, 4) is 0 Å². The van der Waals surface area contributed by atoms with Crippen LogP contribution in [0.2, 0.25) is 0 Å². The second-order valence-corrected chi connectivity index (χ2v) is 4.07. The molecule has 0 bridgehead atoms. The van der Waals surface area contributed by atoms with Gasteiger partial charge in [-0.05, 0) is 44.2 Å². The molecule has 0 radical (unpaired) electrons. The molecule has 1 saturated carbocycles. The molecule has 1 aliphatic rings. The molecule has 0 spiro atoms. The van der Waals surface area contributed by atoms with Crippen molar-refractivity contribution in [3.63, 3.8) is 0 Å². The Hall–Kier alpha value is -0.0800. The van der Waals surface area contributed by atoms with Crippen LogP contribution in [-0.4, -0.2) is 24.8 Å². The smallest absolute Gasteiger partial charge is 0.0434 e. The fourth-order valence-corrected chi connectivity index (χ4v) is 1.55. The highest BCUT2D eigenvalue weighted by atomic mass is 16.3. The summed E-state index contributed by atoms with van der Waals surface area (Å²) < 4.78 is 0. The molecule has 2 N–H and O–H groups in total. The maximum absolute atomic E-state index is 8.67. The molecule has 0 aromatic rings. The van der Waals surface area contributed by atoms with Gasteiger partial charge in [0.15, 0.2) is 0 Å². The van der Waals surface area contributed by atoms with Gasteiger partial charge in [-0.3, -0.25) is 0 Å². The summed E-state index contributed by atoms with van der Waals surface area (Å²) in [6.07, 6.45) is 5.19. The van der Waals surface area contributed by atoms with E-state index in [1.54, 1.807) is 0 Å². The van der Waals surface area contributed by atoms with Gasteiger partial charge in [0.05, 0.1) is 0 Å². The van der Waals surface area contributed by atoms with E-state index in [2.05, 4.69) is 12.2 Å². The molecule has 2 nitrogen and oxygen atoms in total. The summed E-state index contributed by atoms with van der Waals surface area (Å²) in [7, 11) is 0. The normalized spacial score (nSPS) is 20.5. The van der Waals surface area contributed by atoms with Crippen LogP contribution in [0.1, 0.15) is 32.6 Å². The summed E-state index contributed by atoms with van der Waals surface area (Å²) in [6.45, 7) is 4.77. The van der Waals surface area contributed by atoms with Crippen molar-refractivity contribution < 1.29 is 5.11 Å². The van der Waals surface area contributed by atoms with E-state index in [4.69, 9.17) is 5.11 Å². The number of hydrogen-bond donors (Lipinski definition) is 2. The van der Waals surface area contributed by atoms with Gasteiger partial charge in [0.25, 0.3) is 0 Å². The molecule has 0 aliphatic heterocycles. The fourth-order valence-electron chi connectivity index (χ4n) is 1.55. The van der Waals surface area contributed by atoms with Crippen molar-refractivity contribution in [2.24, 2.45) is 11.8 Å². The third kappa shape index (κ3) is 3.55. The van der Waals surface area contributed by atoms with E-state index in [-0.39, 0.29) is 0 Å². The van der Waals surface area contributed by atoms with E-state index >= 15 is 0 Å². The number of aliphatic hydroxyl groups is 1. The van der Waals surface area contributed by atoms with Crippen LogP contribution in [0.25, 0.3) is 0 Å². The van der Waals surface area contributed by atoms with E-state index in [1.165, 1.54) is 25.8 Å². The zero-order valence-electron chi connectivity index (χ0n) is 8.05. The lowest BCUT2D eigenvalue weighted by Gasteiger charge is -2.26. The van der Waals surface area contributed by atoms with Crippen LogP contribution >= 0.6 is 0 Å². The van der Waals surface area contributed by atoms with Crippen molar-refractivity contribution in [3.05, 3.63) is 0 Å². The highest BCUT2D eigenvalue weighted by Crippen LogP contribution is 2.25.